The highest BCUT2D eigenvalue weighted by Crippen LogP contribution is 1.77. The lowest BCUT2D eigenvalue weighted by Gasteiger charge is -2.04. The fraction of sp³-hybridized carbons (Fsp3) is 0.857. The van der Waals surface area contributed by atoms with Gasteiger partial charge in [-0.15, -0.1) is 0 Å². The highest BCUT2D eigenvalue weighted by molar-refractivity contribution is 5.64. The van der Waals surface area contributed by atoms with Gasteiger partial charge in [0.15, 0.2) is 0 Å². The van der Waals surface area contributed by atoms with E-state index in [9.17, 15) is 4.79 Å². The number of aliphatic hydroxyl groups is 1. The summed E-state index contributed by atoms with van der Waals surface area (Å²) in [5.41, 5.74) is 0. The summed E-state index contributed by atoms with van der Waals surface area (Å²) in [7, 11) is 0. The Bertz CT molecular complexity index is 130. The topological polar surface area (TPSA) is 88.0 Å². The summed E-state index contributed by atoms with van der Waals surface area (Å²) in [6.45, 7) is 1.72. The smallest absolute Gasteiger partial charge is 0.404 e. The van der Waals surface area contributed by atoms with Gasteiger partial charge in [0.05, 0.1) is 33.0 Å². The Labute approximate surface area is 76.5 Å². The molecule has 0 radical (unpaired) electrons. The monoisotopic (exact) mass is 193 g/mol. The van der Waals surface area contributed by atoms with E-state index >= 15 is 0 Å². The fourth-order valence-electron chi connectivity index (χ4n) is 0.617. The molecule has 0 atom stereocenters. The molecule has 6 heteroatoms. The third-order valence-corrected chi connectivity index (χ3v) is 1.13. The van der Waals surface area contributed by atoms with Crippen molar-refractivity contribution in [2.75, 3.05) is 39.6 Å². The molecule has 0 rings (SSSR count). The van der Waals surface area contributed by atoms with Crippen molar-refractivity contribution < 1.29 is 24.5 Å². The zero-order valence-corrected chi connectivity index (χ0v) is 7.36. The lowest BCUT2D eigenvalue weighted by Crippen LogP contribution is -2.25. The van der Waals surface area contributed by atoms with Gasteiger partial charge in [-0.25, -0.2) is 4.79 Å². The van der Waals surface area contributed by atoms with E-state index in [1.807, 2.05) is 0 Å². The largest absolute Gasteiger partial charge is 0.465 e. The van der Waals surface area contributed by atoms with Gasteiger partial charge in [-0.1, -0.05) is 0 Å². The first-order chi connectivity index (χ1) is 6.27. The molecule has 6 nitrogen and oxygen atoms in total. The van der Waals surface area contributed by atoms with E-state index in [1.54, 1.807) is 0 Å². The third-order valence-electron chi connectivity index (χ3n) is 1.13. The van der Waals surface area contributed by atoms with E-state index in [4.69, 9.17) is 19.7 Å². The Morgan fingerprint density at radius 1 is 1.15 bits per heavy atom. The molecule has 78 valence electrons. The second-order valence-corrected chi connectivity index (χ2v) is 2.18. The molecule has 0 saturated carbocycles. The summed E-state index contributed by atoms with van der Waals surface area (Å²) in [6, 6.07) is 0. The van der Waals surface area contributed by atoms with Crippen LogP contribution in [0.5, 0.6) is 0 Å². The van der Waals surface area contributed by atoms with Crippen LogP contribution in [0, 0.1) is 0 Å². The molecule has 3 N–H and O–H groups in total. The number of nitrogens with one attached hydrogen (secondary N) is 1. The van der Waals surface area contributed by atoms with E-state index in [0.717, 1.165) is 0 Å². The maximum atomic E-state index is 9.95. The molecular formula is C7H15NO5. The molecule has 0 aromatic heterocycles. The number of rotatable bonds is 8. The van der Waals surface area contributed by atoms with Crippen LogP contribution in [0.25, 0.3) is 0 Å². The molecule has 0 aromatic carbocycles. The molecule has 0 heterocycles. The van der Waals surface area contributed by atoms with Gasteiger partial charge in [-0.05, 0) is 0 Å². The fourth-order valence-corrected chi connectivity index (χ4v) is 0.617. The molecule has 0 aromatic rings. The normalized spacial score (nSPS) is 9.92. The summed E-state index contributed by atoms with van der Waals surface area (Å²) in [4.78, 5) is 9.95. The second-order valence-electron chi connectivity index (χ2n) is 2.18. The molecule has 13 heavy (non-hydrogen) atoms. The number of carbonyl (C=O) groups is 1. The first kappa shape index (κ1) is 12.2. The van der Waals surface area contributed by atoms with Crippen LogP contribution >= 0.6 is 0 Å². The van der Waals surface area contributed by atoms with E-state index < -0.39 is 6.09 Å². The molecule has 0 saturated heterocycles. The molecule has 0 aliphatic rings. The number of carboxylic acid groups (broad SMARTS) is 1. The Morgan fingerprint density at radius 3 is 2.31 bits per heavy atom. The van der Waals surface area contributed by atoms with Crippen molar-refractivity contribution >= 4 is 6.09 Å². The van der Waals surface area contributed by atoms with Gasteiger partial charge < -0.3 is 25.0 Å². The average Bonchev–Trinajstić information content (AvgIpc) is 2.09. The Balaban J connectivity index is 2.87. The van der Waals surface area contributed by atoms with Gasteiger partial charge in [-0.3, -0.25) is 0 Å². The summed E-state index contributed by atoms with van der Waals surface area (Å²) in [5.74, 6) is 0. The first-order valence-electron chi connectivity index (χ1n) is 4.00. The van der Waals surface area contributed by atoms with Crippen molar-refractivity contribution in [1.82, 2.24) is 5.32 Å². The maximum absolute atomic E-state index is 9.95. The number of amides is 1. The minimum atomic E-state index is -1.06. The Kier molecular flexibility index (Phi) is 8.64. The van der Waals surface area contributed by atoms with Gasteiger partial charge in [0.25, 0.3) is 0 Å². The van der Waals surface area contributed by atoms with Crippen molar-refractivity contribution in [3.63, 3.8) is 0 Å². The van der Waals surface area contributed by atoms with Crippen molar-refractivity contribution in [2.24, 2.45) is 0 Å². The van der Waals surface area contributed by atoms with Gasteiger partial charge in [0.2, 0.25) is 0 Å². The lowest BCUT2D eigenvalue weighted by atomic mass is 10.6. The predicted octanol–water partition coefficient (Wildman–Crippen LogP) is -0.720. The summed E-state index contributed by atoms with van der Waals surface area (Å²) in [5, 5.41) is 18.7. The van der Waals surface area contributed by atoms with Crippen LogP contribution in [-0.2, 0) is 9.47 Å². The van der Waals surface area contributed by atoms with Crippen molar-refractivity contribution in [3.8, 4) is 0 Å². The molecule has 0 aliphatic heterocycles. The predicted molar refractivity (Wildman–Crippen MR) is 44.8 cm³/mol. The second kappa shape index (κ2) is 9.24. The van der Waals surface area contributed by atoms with Crippen molar-refractivity contribution in [1.29, 1.82) is 0 Å². The van der Waals surface area contributed by atoms with Crippen LogP contribution in [0.3, 0.4) is 0 Å². The standard InChI is InChI=1S/C7H15NO5/c9-2-4-13-6-5-12-3-1-8-7(10)11/h8-9H,1-6H2,(H,10,11). The van der Waals surface area contributed by atoms with Gasteiger partial charge in [0, 0.05) is 6.54 Å². The Hall–Kier alpha value is -0.850. The molecule has 0 unspecified atom stereocenters. The molecular weight excluding hydrogens is 178 g/mol. The summed E-state index contributed by atoms with van der Waals surface area (Å²) in [6.07, 6.45) is -1.06. The van der Waals surface area contributed by atoms with Gasteiger partial charge >= 0.3 is 6.09 Å². The van der Waals surface area contributed by atoms with Crippen LogP contribution in [0.4, 0.5) is 4.79 Å². The number of hydrogen-bond donors (Lipinski definition) is 3. The summed E-state index contributed by atoms with van der Waals surface area (Å²) < 4.78 is 9.90. The highest BCUT2D eigenvalue weighted by atomic mass is 16.5. The molecule has 0 spiro atoms. The van der Waals surface area contributed by atoms with Crippen molar-refractivity contribution in [3.05, 3.63) is 0 Å². The van der Waals surface area contributed by atoms with Crippen LogP contribution < -0.4 is 5.32 Å². The lowest BCUT2D eigenvalue weighted by molar-refractivity contribution is 0.0341. The highest BCUT2D eigenvalue weighted by Gasteiger charge is 1.93. The van der Waals surface area contributed by atoms with Crippen LogP contribution in [0.15, 0.2) is 0 Å². The van der Waals surface area contributed by atoms with Crippen LogP contribution in [0.2, 0.25) is 0 Å². The van der Waals surface area contributed by atoms with E-state index in [-0.39, 0.29) is 13.2 Å². The zero-order chi connectivity index (χ0) is 9.94. The SMILES string of the molecule is O=C(O)NCCOCCOCCO. The van der Waals surface area contributed by atoms with E-state index in [2.05, 4.69) is 5.32 Å². The number of aliphatic hydroxyl groups excluding tert-OH is 1. The quantitative estimate of drug-likeness (QED) is 0.443. The minimum Gasteiger partial charge on any atom is -0.465 e. The molecule has 0 bridgehead atoms. The third kappa shape index (κ3) is 11.1. The maximum Gasteiger partial charge on any atom is 0.404 e. The van der Waals surface area contributed by atoms with Crippen LogP contribution in [0.1, 0.15) is 0 Å². The van der Waals surface area contributed by atoms with Crippen LogP contribution in [-0.4, -0.2) is 55.9 Å². The molecule has 0 aliphatic carbocycles. The minimum absolute atomic E-state index is 0.000565. The first-order valence-corrected chi connectivity index (χ1v) is 4.00. The summed E-state index contributed by atoms with van der Waals surface area (Å²) >= 11 is 0. The molecule has 0 fully saturated rings. The zero-order valence-electron chi connectivity index (χ0n) is 7.36. The van der Waals surface area contributed by atoms with Gasteiger partial charge in [0.1, 0.15) is 0 Å². The van der Waals surface area contributed by atoms with E-state index in [0.29, 0.717) is 26.4 Å². The number of ether oxygens (including phenoxy) is 2. The van der Waals surface area contributed by atoms with Gasteiger partial charge in [-0.2, -0.15) is 0 Å². The number of hydrogen-bond acceptors (Lipinski definition) is 4. The van der Waals surface area contributed by atoms with Crippen molar-refractivity contribution in [2.45, 2.75) is 0 Å². The molecule has 1 amide bonds. The Morgan fingerprint density at radius 2 is 1.77 bits per heavy atom. The average molecular weight is 193 g/mol. The van der Waals surface area contributed by atoms with E-state index in [1.165, 1.54) is 0 Å².